The van der Waals surface area contributed by atoms with Crippen molar-refractivity contribution in [3.8, 4) is 5.75 Å². The first-order valence-corrected chi connectivity index (χ1v) is 7.12. The van der Waals surface area contributed by atoms with Crippen molar-refractivity contribution in [2.75, 3.05) is 13.7 Å². The van der Waals surface area contributed by atoms with Crippen molar-refractivity contribution in [2.24, 2.45) is 0 Å². The predicted molar refractivity (Wildman–Crippen MR) is 81.1 cm³/mol. The van der Waals surface area contributed by atoms with Gasteiger partial charge in [-0.2, -0.15) is 5.10 Å². The van der Waals surface area contributed by atoms with Crippen LogP contribution in [0.4, 0.5) is 4.39 Å². The Bertz CT molecular complexity index is 622. The maximum absolute atomic E-state index is 14.0. The molecule has 2 rings (SSSR count). The molecule has 0 fully saturated rings. The number of methoxy groups -OCH3 is 1. The number of hydrogen-bond acceptors (Lipinski definition) is 3. The van der Waals surface area contributed by atoms with E-state index < -0.39 is 0 Å². The topological polar surface area (TPSA) is 39.1 Å². The molecular weight excluding hydrogens is 269 g/mol. The summed E-state index contributed by atoms with van der Waals surface area (Å²) in [6.45, 7) is 8.21. The summed E-state index contributed by atoms with van der Waals surface area (Å²) in [6, 6.07) is 4.92. The van der Waals surface area contributed by atoms with Crippen LogP contribution >= 0.6 is 0 Å². The minimum Gasteiger partial charge on any atom is -0.497 e. The van der Waals surface area contributed by atoms with Gasteiger partial charge in [-0.25, -0.2) is 4.39 Å². The van der Waals surface area contributed by atoms with E-state index >= 15 is 0 Å². The zero-order valence-electron chi connectivity index (χ0n) is 13.0. The molecular formula is C16H22FN3O. The molecule has 1 heterocycles. The molecule has 0 aliphatic heterocycles. The molecule has 5 heteroatoms. The number of benzene rings is 1. The van der Waals surface area contributed by atoms with Crippen LogP contribution in [0.25, 0.3) is 0 Å². The second kappa shape index (κ2) is 6.72. The van der Waals surface area contributed by atoms with E-state index in [4.69, 9.17) is 4.74 Å². The third-order valence-corrected chi connectivity index (χ3v) is 3.66. The zero-order chi connectivity index (χ0) is 15.4. The van der Waals surface area contributed by atoms with Crippen LogP contribution in [-0.2, 0) is 13.1 Å². The lowest BCUT2D eigenvalue weighted by Crippen LogP contribution is -2.13. The Balaban J connectivity index is 2.24. The molecule has 0 aliphatic carbocycles. The van der Waals surface area contributed by atoms with Crippen LogP contribution in [0.2, 0.25) is 0 Å². The summed E-state index contributed by atoms with van der Waals surface area (Å²) in [5.74, 6) is 0.257. The first-order valence-electron chi connectivity index (χ1n) is 7.12. The largest absolute Gasteiger partial charge is 0.497 e. The van der Waals surface area contributed by atoms with E-state index in [2.05, 4.69) is 17.3 Å². The van der Waals surface area contributed by atoms with Crippen LogP contribution in [0.5, 0.6) is 5.75 Å². The standard InChI is InChI=1S/C16H22FN3O/c1-5-18-9-15-11(2)19-20(12(15)3)10-13-6-7-14(21-4)8-16(13)17/h6-8,18H,5,9-10H2,1-4H3. The SMILES string of the molecule is CCNCc1c(C)nn(Cc2ccc(OC)cc2F)c1C. The van der Waals surface area contributed by atoms with Crippen molar-refractivity contribution in [2.45, 2.75) is 33.9 Å². The van der Waals surface area contributed by atoms with E-state index in [1.165, 1.54) is 18.7 Å². The van der Waals surface area contributed by atoms with Gasteiger partial charge < -0.3 is 10.1 Å². The highest BCUT2D eigenvalue weighted by Gasteiger charge is 2.13. The second-order valence-corrected chi connectivity index (χ2v) is 5.04. The quantitative estimate of drug-likeness (QED) is 0.889. The van der Waals surface area contributed by atoms with Crippen molar-refractivity contribution in [1.82, 2.24) is 15.1 Å². The van der Waals surface area contributed by atoms with Gasteiger partial charge >= 0.3 is 0 Å². The van der Waals surface area contributed by atoms with Gasteiger partial charge in [0.25, 0.3) is 0 Å². The van der Waals surface area contributed by atoms with Crippen LogP contribution in [0.1, 0.15) is 29.4 Å². The van der Waals surface area contributed by atoms with E-state index in [-0.39, 0.29) is 5.82 Å². The Morgan fingerprint density at radius 1 is 1.33 bits per heavy atom. The lowest BCUT2D eigenvalue weighted by Gasteiger charge is -2.08. The highest BCUT2D eigenvalue weighted by atomic mass is 19.1. The minimum atomic E-state index is -0.268. The van der Waals surface area contributed by atoms with Gasteiger partial charge in [0, 0.05) is 29.4 Å². The molecule has 114 valence electrons. The average molecular weight is 291 g/mol. The Hall–Kier alpha value is -1.88. The molecule has 0 amide bonds. The zero-order valence-corrected chi connectivity index (χ0v) is 13.0. The number of aromatic nitrogens is 2. The van der Waals surface area contributed by atoms with E-state index in [0.717, 1.165) is 24.5 Å². The number of nitrogens with zero attached hydrogens (tertiary/aromatic N) is 2. The molecule has 21 heavy (non-hydrogen) atoms. The summed E-state index contributed by atoms with van der Waals surface area (Å²) in [6.07, 6.45) is 0. The third kappa shape index (κ3) is 3.42. The number of nitrogens with one attached hydrogen (secondary N) is 1. The Morgan fingerprint density at radius 3 is 2.71 bits per heavy atom. The van der Waals surface area contributed by atoms with Crippen molar-refractivity contribution in [3.63, 3.8) is 0 Å². The fraction of sp³-hybridized carbons (Fsp3) is 0.438. The second-order valence-electron chi connectivity index (χ2n) is 5.04. The molecule has 0 saturated carbocycles. The minimum absolute atomic E-state index is 0.268. The number of ether oxygens (including phenoxy) is 1. The molecule has 1 aromatic heterocycles. The summed E-state index contributed by atoms with van der Waals surface area (Å²) in [5.41, 5.74) is 3.85. The van der Waals surface area contributed by atoms with Crippen molar-refractivity contribution in [3.05, 3.63) is 46.5 Å². The molecule has 0 radical (unpaired) electrons. The molecule has 0 aliphatic rings. The molecule has 1 aromatic carbocycles. The number of halogens is 1. The van der Waals surface area contributed by atoms with Gasteiger partial charge in [-0.05, 0) is 26.5 Å². The summed E-state index contributed by atoms with van der Waals surface area (Å²) in [4.78, 5) is 0. The van der Waals surface area contributed by atoms with Crippen molar-refractivity contribution in [1.29, 1.82) is 0 Å². The van der Waals surface area contributed by atoms with Crippen LogP contribution in [0, 0.1) is 19.7 Å². The van der Waals surface area contributed by atoms with Crippen LogP contribution in [0.3, 0.4) is 0 Å². The molecule has 0 atom stereocenters. The summed E-state index contributed by atoms with van der Waals surface area (Å²) >= 11 is 0. The molecule has 0 spiro atoms. The fourth-order valence-corrected chi connectivity index (χ4v) is 2.34. The van der Waals surface area contributed by atoms with Gasteiger partial charge in [-0.1, -0.05) is 13.0 Å². The van der Waals surface area contributed by atoms with Crippen LogP contribution < -0.4 is 10.1 Å². The van der Waals surface area contributed by atoms with E-state index in [1.807, 2.05) is 18.5 Å². The van der Waals surface area contributed by atoms with Crippen LogP contribution in [-0.4, -0.2) is 23.4 Å². The molecule has 0 saturated heterocycles. The van der Waals surface area contributed by atoms with Gasteiger partial charge in [0.1, 0.15) is 11.6 Å². The van der Waals surface area contributed by atoms with Crippen molar-refractivity contribution >= 4 is 0 Å². The normalized spacial score (nSPS) is 10.9. The first-order chi connectivity index (χ1) is 10.1. The summed E-state index contributed by atoms with van der Waals surface area (Å²) < 4.78 is 20.9. The maximum Gasteiger partial charge on any atom is 0.131 e. The maximum atomic E-state index is 14.0. The molecule has 0 bridgehead atoms. The van der Waals surface area contributed by atoms with E-state index in [0.29, 0.717) is 17.9 Å². The summed E-state index contributed by atoms with van der Waals surface area (Å²) in [7, 11) is 1.53. The van der Waals surface area contributed by atoms with Crippen molar-refractivity contribution < 1.29 is 9.13 Å². The van der Waals surface area contributed by atoms with Gasteiger partial charge in [-0.15, -0.1) is 0 Å². The summed E-state index contributed by atoms with van der Waals surface area (Å²) in [5, 5.41) is 7.83. The molecule has 2 aromatic rings. The predicted octanol–water partition coefficient (Wildman–Crippen LogP) is 2.81. The molecule has 1 N–H and O–H groups in total. The third-order valence-electron chi connectivity index (χ3n) is 3.66. The molecule has 4 nitrogen and oxygen atoms in total. The lowest BCUT2D eigenvalue weighted by atomic mass is 10.2. The number of aryl methyl sites for hydroxylation is 1. The van der Waals surface area contributed by atoms with Crippen LogP contribution in [0.15, 0.2) is 18.2 Å². The first kappa shape index (κ1) is 15.5. The molecule has 0 unspecified atom stereocenters. The highest BCUT2D eigenvalue weighted by molar-refractivity contribution is 5.30. The van der Waals surface area contributed by atoms with Gasteiger partial charge in [0.2, 0.25) is 0 Å². The number of hydrogen-bond donors (Lipinski definition) is 1. The van der Waals surface area contributed by atoms with Gasteiger partial charge in [0.05, 0.1) is 19.3 Å². The lowest BCUT2D eigenvalue weighted by molar-refractivity contribution is 0.410. The van der Waals surface area contributed by atoms with E-state index in [9.17, 15) is 4.39 Å². The smallest absolute Gasteiger partial charge is 0.131 e. The fourth-order valence-electron chi connectivity index (χ4n) is 2.34. The number of rotatable bonds is 6. The Morgan fingerprint density at radius 2 is 2.10 bits per heavy atom. The van der Waals surface area contributed by atoms with Gasteiger partial charge in [0.15, 0.2) is 0 Å². The average Bonchev–Trinajstić information content (AvgIpc) is 2.73. The monoisotopic (exact) mass is 291 g/mol. The van der Waals surface area contributed by atoms with Gasteiger partial charge in [-0.3, -0.25) is 4.68 Å². The van der Waals surface area contributed by atoms with E-state index in [1.54, 1.807) is 12.1 Å². The Labute approximate surface area is 124 Å². The highest BCUT2D eigenvalue weighted by Crippen LogP contribution is 2.19. The Kier molecular flexibility index (Phi) is 4.96.